The summed E-state index contributed by atoms with van der Waals surface area (Å²) in [6, 6.07) is 9.72. The highest BCUT2D eigenvalue weighted by Gasteiger charge is 2.15. The molecule has 5 heteroatoms. The first-order chi connectivity index (χ1) is 10.9. The highest BCUT2D eigenvalue weighted by molar-refractivity contribution is 9.10. The number of benzene rings is 2. The van der Waals surface area contributed by atoms with Gasteiger partial charge < -0.3 is 9.84 Å². The highest BCUT2D eigenvalue weighted by atomic mass is 79.9. The average molecular weight is 373 g/mol. The van der Waals surface area contributed by atoms with E-state index in [1.807, 2.05) is 45.0 Å². The summed E-state index contributed by atoms with van der Waals surface area (Å²) >= 11 is 3.45. The number of carbonyl (C=O) groups is 1. The molecule has 0 aliphatic rings. The number of rotatable bonds is 3. The van der Waals surface area contributed by atoms with Crippen molar-refractivity contribution < 1.29 is 9.32 Å². The van der Waals surface area contributed by atoms with Crippen molar-refractivity contribution in [2.45, 2.75) is 27.2 Å². The number of fused-ring (bicyclic) bond motifs is 1. The van der Waals surface area contributed by atoms with E-state index < -0.39 is 0 Å². The van der Waals surface area contributed by atoms with Crippen LogP contribution in [0.5, 0.6) is 0 Å². The second kappa shape index (κ2) is 6.16. The molecule has 0 fully saturated rings. The van der Waals surface area contributed by atoms with E-state index in [4.69, 9.17) is 4.52 Å². The summed E-state index contributed by atoms with van der Waals surface area (Å²) < 4.78 is 6.38. The molecule has 0 saturated carbocycles. The first kappa shape index (κ1) is 15.7. The number of nitrogens with one attached hydrogen (secondary N) is 1. The van der Waals surface area contributed by atoms with Crippen LogP contribution in [0.2, 0.25) is 0 Å². The lowest BCUT2D eigenvalue weighted by molar-refractivity contribution is -0.115. The van der Waals surface area contributed by atoms with Crippen LogP contribution in [-0.2, 0) is 11.2 Å². The van der Waals surface area contributed by atoms with Crippen molar-refractivity contribution in [2.24, 2.45) is 0 Å². The monoisotopic (exact) mass is 372 g/mol. The normalized spacial score (nSPS) is 11.0. The smallest absolute Gasteiger partial charge is 0.230 e. The molecule has 0 radical (unpaired) electrons. The van der Waals surface area contributed by atoms with E-state index in [1.54, 1.807) is 0 Å². The Kier molecular flexibility index (Phi) is 4.22. The van der Waals surface area contributed by atoms with Gasteiger partial charge in [-0.05, 0) is 61.7 Å². The van der Waals surface area contributed by atoms with Crippen LogP contribution < -0.4 is 5.32 Å². The average Bonchev–Trinajstić information content (AvgIpc) is 2.85. The lowest BCUT2D eigenvalue weighted by atomic mass is 10.0. The number of halogens is 1. The van der Waals surface area contributed by atoms with Crippen molar-refractivity contribution in [2.75, 3.05) is 5.32 Å². The number of hydrogen-bond donors (Lipinski definition) is 1. The fraction of sp³-hybridized carbons (Fsp3) is 0.222. The summed E-state index contributed by atoms with van der Waals surface area (Å²) in [4.78, 5) is 12.3. The van der Waals surface area contributed by atoms with Crippen molar-refractivity contribution in [3.8, 4) is 0 Å². The Balaban J connectivity index is 1.81. The first-order valence-corrected chi connectivity index (χ1v) is 8.15. The van der Waals surface area contributed by atoms with Crippen LogP contribution in [0.4, 0.5) is 5.69 Å². The van der Waals surface area contributed by atoms with Crippen molar-refractivity contribution in [1.82, 2.24) is 5.16 Å². The van der Waals surface area contributed by atoms with Gasteiger partial charge in [-0.15, -0.1) is 0 Å². The van der Waals surface area contributed by atoms with E-state index in [2.05, 4.69) is 32.5 Å². The molecule has 0 unspecified atom stereocenters. The molecule has 0 atom stereocenters. The molecule has 4 nitrogen and oxygen atoms in total. The third kappa shape index (κ3) is 3.29. The van der Waals surface area contributed by atoms with Gasteiger partial charge in [0.25, 0.3) is 0 Å². The third-order valence-corrected chi connectivity index (χ3v) is 4.65. The molecule has 1 aromatic heterocycles. The Hall–Kier alpha value is -2.14. The maximum absolute atomic E-state index is 12.3. The fourth-order valence-electron chi connectivity index (χ4n) is 2.72. The van der Waals surface area contributed by atoms with E-state index in [0.717, 1.165) is 37.8 Å². The van der Waals surface area contributed by atoms with Gasteiger partial charge in [0.15, 0.2) is 5.58 Å². The second-order valence-electron chi connectivity index (χ2n) is 5.77. The molecule has 2 aromatic carbocycles. The van der Waals surface area contributed by atoms with Crippen LogP contribution in [0, 0.1) is 20.8 Å². The number of aromatic nitrogens is 1. The van der Waals surface area contributed by atoms with Gasteiger partial charge in [0.2, 0.25) is 5.91 Å². The summed E-state index contributed by atoms with van der Waals surface area (Å²) in [5.74, 6) is -0.109. The standard InChI is InChI=1S/C18H17BrN2O2/c1-10-6-12(3)18-15(21-23-16(18)7-10)9-17(22)20-13-4-5-14(19)11(2)8-13/h4-8H,9H2,1-3H3,(H,20,22). The molecule has 3 rings (SSSR count). The quantitative estimate of drug-likeness (QED) is 0.724. The fourth-order valence-corrected chi connectivity index (χ4v) is 2.97. The molecule has 118 valence electrons. The molecule has 1 amide bonds. The zero-order chi connectivity index (χ0) is 16.6. The van der Waals surface area contributed by atoms with Crippen LogP contribution >= 0.6 is 15.9 Å². The van der Waals surface area contributed by atoms with Gasteiger partial charge in [-0.3, -0.25) is 4.79 Å². The van der Waals surface area contributed by atoms with Gasteiger partial charge in [-0.25, -0.2) is 0 Å². The SMILES string of the molecule is Cc1cc(C)c2c(CC(=O)Nc3ccc(Br)c(C)c3)noc2c1. The Bertz CT molecular complexity index is 899. The number of nitrogens with zero attached hydrogens (tertiary/aromatic N) is 1. The molecule has 0 spiro atoms. The maximum Gasteiger partial charge on any atom is 0.230 e. The molecule has 0 aliphatic carbocycles. The number of carbonyl (C=O) groups excluding carboxylic acids is 1. The summed E-state index contributed by atoms with van der Waals surface area (Å²) in [6.07, 6.45) is 0.187. The second-order valence-corrected chi connectivity index (χ2v) is 6.63. The lowest BCUT2D eigenvalue weighted by Gasteiger charge is -2.06. The zero-order valence-electron chi connectivity index (χ0n) is 13.2. The highest BCUT2D eigenvalue weighted by Crippen LogP contribution is 2.25. The third-order valence-electron chi connectivity index (χ3n) is 3.76. The van der Waals surface area contributed by atoms with E-state index in [-0.39, 0.29) is 12.3 Å². The van der Waals surface area contributed by atoms with Gasteiger partial charge in [-0.2, -0.15) is 0 Å². The van der Waals surface area contributed by atoms with Crippen LogP contribution in [0.25, 0.3) is 11.0 Å². The minimum absolute atomic E-state index is 0.109. The Morgan fingerprint density at radius 2 is 1.96 bits per heavy atom. The Morgan fingerprint density at radius 3 is 2.70 bits per heavy atom. The summed E-state index contributed by atoms with van der Waals surface area (Å²) in [6.45, 7) is 6.00. The lowest BCUT2D eigenvalue weighted by Crippen LogP contribution is -2.15. The minimum Gasteiger partial charge on any atom is -0.356 e. The van der Waals surface area contributed by atoms with Crippen molar-refractivity contribution in [1.29, 1.82) is 0 Å². The number of aryl methyl sites for hydroxylation is 3. The van der Waals surface area contributed by atoms with Crippen molar-refractivity contribution in [3.05, 3.63) is 57.2 Å². The van der Waals surface area contributed by atoms with Gasteiger partial charge in [-0.1, -0.05) is 27.2 Å². The Labute approximate surface area is 143 Å². The molecule has 0 bridgehead atoms. The molecule has 0 aliphatic heterocycles. The van der Waals surface area contributed by atoms with E-state index in [1.165, 1.54) is 0 Å². The van der Waals surface area contributed by atoms with Crippen LogP contribution in [-0.4, -0.2) is 11.1 Å². The number of amides is 1. The molecule has 1 heterocycles. The topological polar surface area (TPSA) is 55.1 Å². The van der Waals surface area contributed by atoms with Gasteiger partial charge in [0, 0.05) is 15.5 Å². The van der Waals surface area contributed by atoms with Crippen LogP contribution in [0.1, 0.15) is 22.4 Å². The minimum atomic E-state index is -0.109. The number of hydrogen-bond acceptors (Lipinski definition) is 3. The van der Waals surface area contributed by atoms with E-state index in [0.29, 0.717) is 5.69 Å². The molecular formula is C18H17BrN2O2. The summed E-state index contributed by atoms with van der Waals surface area (Å²) in [7, 11) is 0. The predicted molar refractivity (Wildman–Crippen MR) is 94.7 cm³/mol. The maximum atomic E-state index is 12.3. The molecular weight excluding hydrogens is 356 g/mol. The first-order valence-electron chi connectivity index (χ1n) is 7.35. The van der Waals surface area contributed by atoms with Crippen molar-refractivity contribution >= 4 is 38.5 Å². The van der Waals surface area contributed by atoms with Crippen LogP contribution in [0.15, 0.2) is 39.3 Å². The predicted octanol–water partition coefficient (Wildman–Crippen LogP) is 4.70. The van der Waals surface area contributed by atoms with E-state index in [9.17, 15) is 4.79 Å². The molecule has 23 heavy (non-hydrogen) atoms. The van der Waals surface area contributed by atoms with Crippen molar-refractivity contribution in [3.63, 3.8) is 0 Å². The van der Waals surface area contributed by atoms with Gasteiger partial charge in [0.1, 0.15) is 5.69 Å². The summed E-state index contributed by atoms with van der Waals surface area (Å²) in [5, 5.41) is 7.90. The number of anilines is 1. The zero-order valence-corrected chi connectivity index (χ0v) is 14.8. The Morgan fingerprint density at radius 1 is 1.17 bits per heavy atom. The largest absolute Gasteiger partial charge is 0.356 e. The summed E-state index contributed by atoms with van der Waals surface area (Å²) in [5.41, 5.74) is 5.43. The molecule has 1 N–H and O–H groups in total. The van der Waals surface area contributed by atoms with Gasteiger partial charge in [0.05, 0.1) is 6.42 Å². The van der Waals surface area contributed by atoms with Gasteiger partial charge >= 0.3 is 0 Å². The van der Waals surface area contributed by atoms with E-state index >= 15 is 0 Å². The van der Waals surface area contributed by atoms with Crippen LogP contribution in [0.3, 0.4) is 0 Å². The molecule has 0 saturated heterocycles. The molecule has 3 aromatic rings.